The van der Waals surface area contributed by atoms with Crippen molar-refractivity contribution >= 4 is 22.7 Å². The Kier molecular flexibility index (Phi) is 3.63. The summed E-state index contributed by atoms with van der Waals surface area (Å²) in [7, 11) is 0. The van der Waals surface area contributed by atoms with Gasteiger partial charge in [-0.05, 0) is 35.4 Å². The van der Waals surface area contributed by atoms with Crippen LogP contribution in [0.25, 0.3) is 30.6 Å². The molecule has 2 aromatic carbocycles. The lowest BCUT2D eigenvalue weighted by Crippen LogP contribution is -1.67. The molecule has 2 heterocycles. The molecule has 2 heteroatoms. The molecular weight excluding hydrogens is 304 g/mol. The summed E-state index contributed by atoms with van der Waals surface area (Å²) in [4.78, 5) is 5.33. The Morgan fingerprint density at radius 2 is 0.727 bits per heavy atom. The van der Waals surface area contributed by atoms with Crippen molar-refractivity contribution in [3.63, 3.8) is 0 Å². The standard InChI is InChI=1S/C20H14S2/c1-3-7-15(8-4-1)17-11-13-19(21-17)20-14-12-18(22-20)16-9-5-2-6-10-16/h1-14H. The van der Waals surface area contributed by atoms with E-state index in [1.807, 2.05) is 22.7 Å². The lowest BCUT2D eigenvalue weighted by atomic mass is 10.2. The number of thiophene rings is 2. The van der Waals surface area contributed by atoms with Gasteiger partial charge in [0.2, 0.25) is 0 Å². The molecule has 0 atom stereocenters. The third kappa shape index (κ3) is 2.63. The molecule has 4 aromatic rings. The quantitative estimate of drug-likeness (QED) is 0.389. The Bertz CT molecular complexity index is 794. The fourth-order valence-corrected chi connectivity index (χ4v) is 4.57. The molecular formula is C20H14S2. The van der Waals surface area contributed by atoms with E-state index in [-0.39, 0.29) is 0 Å². The molecule has 0 aliphatic rings. The summed E-state index contributed by atoms with van der Waals surface area (Å²) in [5, 5.41) is 0. The minimum Gasteiger partial charge on any atom is -0.134 e. The average molecular weight is 318 g/mol. The molecule has 2 aromatic heterocycles. The molecule has 0 N–H and O–H groups in total. The molecule has 0 bridgehead atoms. The Balaban J connectivity index is 1.66. The molecule has 0 fully saturated rings. The third-order valence-corrected chi connectivity index (χ3v) is 6.04. The monoisotopic (exact) mass is 318 g/mol. The zero-order valence-corrected chi connectivity index (χ0v) is 13.5. The smallest absolute Gasteiger partial charge is 0.0449 e. The van der Waals surface area contributed by atoms with Gasteiger partial charge < -0.3 is 0 Å². The minimum atomic E-state index is 1.29. The third-order valence-electron chi connectivity index (χ3n) is 3.57. The molecule has 0 saturated carbocycles. The Morgan fingerprint density at radius 1 is 0.364 bits per heavy atom. The fourth-order valence-electron chi connectivity index (χ4n) is 2.46. The highest BCUT2D eigenvalue weighted by molar-refractivity contribution is 7.25. The Morgan fingerprint density at radius 3 is 1.14 bits per heavy atom. The summed E-state index contributed by atoms with van der Waals surface area (Å²) in [5.74, 6) is 0. The van der Waals surface area contributed by atoms with Gasteiger partial charge in [0, 0.05) is 19.5 Å². The van der Waals surface area contributed by atoms with Crippen molar-refractivity contribution in [2.45, 2.75) is 0 Å². The van der Waals surface area contributed by atoms with Crippen LogP contribution in [0.4, 0.5) is 0 Å². The topological polar surface area (TPSA) is 0 Å². The van der Waals surface area contributed by atoms with Crippen LogP contribution in [-0.4, -0.2) is 0 Å². The van der Waals surface area contributed by atoms with Gasteiger partial charge >= 0.3 is 0 Å². The van der Waals surface area contributed by atoms with Gasteiger partial charge in [-0.3, -0.25) is 0 Å². The summed E-state index contributed by atoms with van der Waals surface area (Å²) < 4.78 is 0. The van der Waals surface area contributed by atoms with Crippen LogP contribution in [0.1, 0.15) is 0 Å². The molecule has 0 nitrogen and oxygen atoms in total. The molecule has 0 amide bonds. The molecule has 0 aliphatic carbocycles. The largest absolute Gasteiger partial charge is 0.134 e. The van der Waals surface area contributed by atoms with Crippen LogP contribution in [-0.2, 0) is 0 Å². The van der Waals surface area contributed by atoms with E-state index in [1.165, 1.54) is 30.6 Å². The van der Waals surface area contributed by atoms with Crippen LogP contribution < -0.4 is 0 Å². The average Bonchev–Trinajstić information content (AvgIpc) is 3.26. The van der Waals surface area contributed by atoms with Crippen molar-refractivity contribution in [2.24, 2.45) is 0 Å². The van der Waals surface area contributed by atoms with Crippen LogP contribution in [0, 0.1) is 0 Å². The highest BCUT2D eigenvalue weighted by Crippen LogP contribution is 2.40. The van der Waals surface area contributed by atoms with E-state index in [9.17, 15) is 0 Å². The van der Waals surface area contributed by atoms with Crippen LogP contribution in [0.15, 0.2) is 84.9 Å². The molecule has 4 rings (SSSR count). The van der Waals surface area contributed by atoms with Crippen LogP contribution in [0.3, 0.4) is 0 Å². The van der Waals surface area contributed by atoms with E-state index in [4.69, 9.17) is 0 Å². The van der Waals surface area contributed by atoms with Gasteiger partial charge in [-0.1, -0.05) is 60.7 Å². The number of hydrogen-bond donors (Lipinski definition) is 0. The minimum absolute atomic E-state index is 1.29. The number of rotatable bonds is 3. The van der Waals surface area contributed by atoms with Crippen LogP contribution in [0.2, 0.25) is 0 Å². The van der Waals surface area contributed by atoms with Crippen molar-refractivity contribution in [1.82, 2.24) is 0 Å². The zero-order chi connectivity index (χ0) is 14.8. The van der Waals surface area contributed by atoms with Crippen molar-refractivity contribution in [2.75, 3.05) is 0 Å². The van der Waals surface area contributed by atoms with Gasteiger partial charge in [0.05, 0.1) is 0 Å². The van der Waals surface area contributed by atoms with Gasteiger partial charge in [-0.25, -0.2) is 0 Å². The Hall–Kier alpha value is -2.16. The van der Waals surface area contributed by atoms with E-state index in [0.717, 1.165) is 0 Å². The SMILES string of the molecule is c1ccc(-c2ccc(-c3ccc(-c4ccccc4)s3)s2)cc1. The first-order valence-corrected chi connectivity index (χ1v) is 8.84. The second-order valence-electron chi connectivity index (χ2n) is 5.06. The first-order chi connectivity index (χ1) is 10.9. The van der Waals surface area contributed by atoms with Crippen molar-refractivity contribution < 1.29 is 0 Å². The van der Waals surface area contributed by atoms with Crippen molar-refractivity contribution in [3.05, 3.63) is 84.9 Å². The van der Waals surface area contributed by atoms with E-state index in [2.05, 4.69) is 84.9 Å². The predicted octanol–water partition coefficient (Wildman–Crippen LogP) is 6.81. The summed E-state index contributed by atoms with van der Waals surface area (Å²) in [5.41, 5.74) is 2.58. The van der Waals surface area contributed by atoms with Crippen LogP contribution in [0.5, 0.6) is 0 Å². The normalized spacial score (nSPS) is 10.7. The first-order valence-electron chi connectivity index (χ1n) is 7.21. The second kappa shape index (κ2) is 5.91. The molecule has 0 radical (unpaired) electrons. The molecule has 0 spiro atoms. The zero-order valence-electron chi connectivity index (χ0n) is 11.9. The van der Waals surface area contributed by atoms with Gasteiger partial charge in [-0.15, -0.1) is 22.7 Å². The van der Waals surface area contributed by atoms with Gasteiger partial charge in [-0.2, -0.15) is 0 Å². The summed E-state index contributed by atoms with van der Waals surface area (Å²) in [6.45, 7) is 0. The van der Waals surface area contributed by atoms with E-state index >= 15 is 0 Å². The summed E-state index contributed by atoms with van der Waals surface area (Å²) in [6.07, 6.45) is 0. The van der Waals surface area contributed by atoms with E-state index in [0.29, 0.717) is 0 Å². The van der Waals surface area contributed by atoms with Crippen molar-refractivity contribution in [1.29, 1.82) is 0 Å². The second-order valence-corrected chi connectivity index (χ2v) is 7.23. The highest BCUT2D eigenvalue weighted by atomic mass is 32.1. The maximum atomic E-state index is 2.23. The van der Waals surface area contributed by atoms with Crippen molar-refractivity contribution in [3.8, 4) is 30.6 Å². The number of benzene rings is 2. The number of hydrogen-bond acceptors (Lipinski definition) is 2. The van der Waals surface area contributed by atoms with Gasteiger partial charge in [0.15, 0.2) is 0 Å². The van der Waals surface area contributed by atoms with Crippen LogP contribution >= 0.6 is 22.7 Å². The molecule has 0 unspecified atom stereocenters. The lowest BCUT2D eigenvalue weighted by molar-refractivity contribution is 1.70. The highest BCUT2D eigenvalue weighted by Gasteiger charge is 2.08. The van der Waals surface area contributed by atoms with E-state index < -0.39 is 0 Å². The van der Waals surface area contributed by atoms with Gasteiger partial charge in [0.25, 0.3) is 0 Å². The summed E-state index contributed by atoms with van der Waals surface area (Å²) in [6, 6.07) is 30.0. The molecule has 106 valence electrons. The summed E-state index contributed by atoms with van der Waals surface area (Å²) >= 11 is 3.72. The molecule has 0 aliphatic heterocycles. The fraction of sp³-hybridized carbons (Fsp3) is 0. The molecule has 0 saturated heterocycles. The predicted molar refractivity (Wildman–Crippen MR) is 98.5 cm³/mol. The first kappa shape index (κ1) is 13.5. The Labute approximate surface area is 138 Å². The lowest BCUT2D eigenvalue weighted by Gasteiger charge is -1.96. The maximum absolute atomic E-state index is 2.23. The maximum Gasteiger partial charge on any atom is 0.0449 e. The molecule has 22 heavy (non-hydrogen) atoms. The van der Waals surface area contributed by atoms with Gasteiger partial charge in [0.1, 0.15) is 0 Å². The van der Waals surface area contributed by atoms with E-state index in [1.54, 1.807) is 0 Å².